The van der Waals surface area contributed by atoms with Crippen LogP contribution in [0, 0.1) is 0 Å². The van der Waals surface area contributed by atoms with Gasteiger partial charge in [-0.25, -0.2) is 0 Å². The first-order valence-corrected chi connectivity index (χ1v) is 5.72. The van der Waals surface area contributed by atoms with Gasteiger partial charge in [0.1, 0.15) is 0 Å². The van der Waals surface area contributed by atoms with Gasteiger partial charge in [0.15, 0.2) is 0 Å². The minimum absolute atomic E-state index is 0.203. The van der Waals surface area contributed by atoms with Crippen LogP contribution < -0.4 is 0 Å². The summed E-state index contributed by atoms with van der Waals surface area (Å²) in [5, 5.41) is 0. The maximum Gasteiger partial charge on any atom is 0.0238 e. The normalized spacial score (nSPS) is 12.2. The summed E-state index contributed by atoms with van der Waals surface area (Å²) in [6, 6.07) is 6.57. The van der Waals surface area contributed by atoms with Crippen LogP contribution >= 0.6 is 12.6 Å². The Morgan fingerprint density at radius 2 is 1.80 bits per heavy atom. The Hall–Kier alpha value is -0.470. The highest BCUT2D eigenvalue weighted by molar-refractivity contribution is 7.80. The summed E-state index contributed by atoms with van der Waals surface area (Å²) in [5.41, 5.74) is 2.83. The lowest BCUT2D eigenvalue weighted by molar-refractivity contribution is 0.399. The molecule has 0 saturated carbocycles. The average molecular weight is 223 g/mol. The number of hydrogen-bond donors (Lipinski definition) is 1. The highest BCUT2D eigenvalue weighted by atomic mass is 32.1. The van der Waals surface area contributed by atoms with Crippen LogP contribution in [0.4, 0.5) is 0 Å². The Morgan fingerprint density at radius 3 is 2.20 bits per heavy atom. The van der Waals surface area contributed by atoms with E-state index in [-0.39, 0.29) is 5.41 Å². The number of thiol groups is 1. The van der Waals surface area contributed by atoms with Crippen LogP contribution in [0.5, 0.6) is 0 Å². The monoisotopic (exact) mass is 223 g/mol. The average Bonchev–Trinajstić information content (AvgIpc) is 2.05. The topological polar surface area (TPSA) is 3.24 Å². The fraction of sp³-hybridized carbons (Fsp3) is 0.538. The lowest BCUT2D eigenvalue weighted by Gasteiger charge is -2.21. The van der Waals surface area contributed by atoms with Gasteiger partial charge in [-0.05, 0) is 36.7 Å². The van der Waals surface area contributed by atoms with E-state index in [0.717, 1.165) is 11.4 Å². The van der Waals surface area contributed by atoms with Gasteiger partial charge in [0.05, 0.1) is 0 Å². The maximum absolute atomic E-state index is 4.55. The highest BCUT2D eigenvalue weighted by Gasteiger charge is 2.14. The zero-order valence-corrected chi connectivity index (χ0v) is 11.2. The lowest BCUT2D eigenvalue weighted by atomic mass is 9.86. The molecule has 0 atom stereocenters. The van der Waals surface area contributed by atoms with E-state index in [2.05, 4.69) is 70.6 Å². The van der Waals surface area contributed by atoms with E-state index in [9.17, 15) is 0 Å². The van der Waals surface area contributed by atoms with Crippen LogP contribution in [0.3, 0.4) is 0 Å². The second-order valence-electron chi connectivity index (χ2n) is 5.33. The Labute approximate surface area is 98.9 Å². The molecule has 0 unspecified atom stereocenters. The van der Waals surface area contributed by atoms with Crippen molar-refractivity contribution >= 4 is 12.6 Å². The standard InChI is InChI=1S/C13H21NS/c1-13(2,3)11-7-6-10(9-14(4)5)12(15)8-11/h6-8,15H,9H2,1-5H3. The first-order valence-electron chi connectivity index (χ1n) is 5.28. The number of rotatable bonds is 2. The first-order chi connectivity index (χ1) is 6.80. The van der Waals surface area contributed by atoms with Crippen molar-refractivity contribution in [2.24, 2.45) is 0 Å². The van der Waals surface area contributed by atoms with Gasteiger partial charge >= 0.3 is 0 Å². The van der Waals surface area contributed by atoms with E-state index in [0.29, 0.717) is 0 Å². The van der Waals surface area contributed by atoms with E-state index in [4.69, 9.17) is 0 Å². The molecule has 0 N–H and O–H groups in total. The zero-order valence-electron chi connectivity index (χ0n) is 10.3. The van der Waals surface area contributed by atoms with Crippen molar-refractivity contribution in [3.05, 3.63) is 29.3 Å². The molecule has 1 nitrogen and oxygen atoms in total. The van der Waals surface area contributed by atoms with Crippen molar-refractivity contribution in [2.45, 2.75) is 37.6 Å². The molecule has 0 aliphatic rings. The third kappa shape index (κ3) is 3.54. The first kappa shape index (κ1) is 12.6. The van der Waals surface area contributed by atoms with Gasteiger partial charge in [-0.2, -0.15) is 0 Å². The van der Waals surface area contributed by atoms with Gasteiger partial charge in [-0.1, -0.05) is 32.9 Å². The van der Waals surface area contributed by atoms with Crippen LogP contribution in [-0.4, -0.2) is 19.0 Å². The molecule has 0 saturated heterocycles. The summed E-state index contributed by atoms with van der Waals surface area (Å²) in [6.45, 7) is 7.62. The van der Waals surface area contributed by atoms with Crippen LogP contribution in [-0.2, 0) is 12.0 Å². The van der Waals surface area contributed by atoms with Gasteiger partial charge in [-0.3, -0.25) is 0 Å². The fourth-order valence-electron chi connectivity index (χ4n) is 1.50. The summed E-state index contributed by atoms with van der Waals surface area (Å²) in [4.78, 5) is 3.25. The third-order valence-electron chi connectivity index (χ3n) is 2.44. The molecule has 0 amide bonds. The van der Waals surface area contributed by atoms with Crippen molar-refractivity contribution in [2.75, 3.05) is 14.1 Å². The smallest absolute Gasteiger partial charge is 0.0238 e. The molecule has 0 aromatic heterocycles. The second-order valence-corrected chi connectivity index (χ2v) is 5.81. The highest BCUT2D eigenvalue weighted by Crippen LogP contribution is 2.26. The van der Waals surface area contributed by atoms with Crippen LogP contribution in [0.1, 0.15) is 31.9 Å². The molecule has 0 fully saturated rings. The van der Waals surface area contributed by atoms with Crippen molar-refractivity contribution in [1.82, 2.24) is 4.90 Å². The largest absolute Gasteiger partial charge is 0.305 e. The predicted molar refractivity (Wildman–Crippen MR) is 69.8 cm³/mol. The second kappa shape index (κ2) is 4.58. The van der Waals surface area contributed by atoms with E-state index >= 15 is 0 Å². The molecule has 0 bridgehead atoms. The van der Waals surface area contributed by atoms with E-state index in [1.54, 1.807) is 0 Å². The fourth-order valence-corrected chi connectivity index (χ4v) is 1.79. The Kier molecular flexibility index (Phi) is 3.85. The van der Waals surface area contributed by atoms with Gasteiger partial charge in [0.2, 0.25) is 0 Å². The lowest BCUT2D eigenvalue weighted by Crippen LogP contribution is -2.14. The molecular weight excluding hydrogens is 202 g/mol. The Morgan fingerprint density at radius 1 is 1.20 bits per heavy atom. The van der Waals surface area contributed by atoms with Gasteiger partial charge in [-0.15, -0.1) is 12.6 Å². The SMILES string of the molecule is CN(C)Cc1ccc(C(C)(C)C)cc1S. The van der Waals surface area contributed by atoms with E-state index < -0.39 is 0 Å². The summed E-state index contributed by atoms with van der Waals surface area (Å²) in [6.07, 6.45) is 0. The van der Waals surface area contributed by atoms with Crippen LogP contribution in [0.2, 0.25) is 0 Å². The Balaban J connectivity index is 2.98. The van der Waals surface area contributed by atoms with Gasteiger partial charge in [0, 0.05) is 11.4 Å². The van der Waals surface area contributed by atoms with Gasteiger partial charge < -0.3 is 4.90 Å². The van der Waals surface area contributed by atoms with Crippen LogP contribution in [0.25, 0.3) is 0 Å². The molecule has 0 aliphatic heterocycles. The molecule has 15 heavy (non-hydrogen) atoms. The minimum atomic E-state index is 0.203. The molecule has 1 aromatic rings. The van der Waals surface area contributed by atoms with Crippen molar-refractivity contribution in [3.8, 4) is 0 Å². The molecule has 0 heterocycles. The van der Waals surface area contributed by atoms with Gasteiger partial charge in [0.25, 0.3) is 0 Å². The Bertz CT molecular complexity index is 337. The molecule has 1 rings (SSSR count). The maximum atomic E-state index is 4.55. The van der Waals surface area contributed by atoms with E-state index in [1.807, 2.05) is 0 Å². The molecule has 1 aromatic carbocycles. The molecule has 0 aliphatic carbocycles. The van der Waals surface area contributed by atoms with Crippen molar-refractivity contribution < 1.29 is 0 Å². The molecule has 0 spiro atoms. The third-order valence-corrected chi connectivity index (χ3v) is 2.85. The molecule has 84 valence electrons. The summed E-state index contributed by atoms with van der Waals surface area (Å²) >= 11 is 4.55. The zero-order chi connectivity index (χ0) is 11.6. The quantitative estimate of drug-likeness (QED) is 0.753. The molecular formula is C13H21NS. The number of benzene rings is 1. The summed E-state index contributed by atoms with van der Waals surface area (Å²) in [5.74, 6) is 0. The summed E-state index contributed by atoms with van der Waals surface area (Å²) in [7, 11) is 4.15. The summed E-state index contributed by atoms with van der Waals surface area (Å²) < 4.78 is 0. The molecule has 2 heteroatoms. The minimum Gasteiger partial charge on any atom is -0.305 e. The number of hydrogen-bond acceptors (Lipinski definition) is 2. The predicted octanol–water partition coefficient (Wildman–Crippen LogP) is 3.33. The van der Waals surface area contributed by atoms with Crippen molar-refractivity contribution in [3.63, 3.8) is 0 Å². The van der Waals surface area contributed by atoms with E-state index in [1.165, 1.54) is 11.1 Å². The van der Waals surface area contributed by atoms with Crippen molar-refractivity contribution in [1.29, 1.82) is 0 Å². The molecule has 0 radical (unpaired) electrons. The van der Waals surface area contributed by atoms with Crippen LogP contribution in [0.15, 0.2) is 23.1 Å². The number of nitrogens with zero attached hydrogens (tertiary/aromatic N) is 1.